The van der Waals surface area contributed by atoms with Crippen LogP contribution in [0.2, 0.25) is 0 Å². The van der Waals surface area contributed by atoms with Gasteiger partial charge in [-0.25, -0.2) is 0 Å². The zero-order valence-electron chi connectivity index (χ0n) is 13.5. The van der Waals surface area contributed by atoms with Gasteiger partial charge in [0.15, 0.2) is 0 Å². The summed E-state index contributed by atoms with van der Waals surface area (Å²) in [4.78, 5) is 12.3. The van der Waals surface area contributed by atoms with E-state index in [1.807, 2.05) is 0 Å². The summed E-state index contributed by atoms with van der Waals surface area (Å²) in [5.74, 6) is 0.701. The van der Waals surface area contributed by atoms with E-state index in [4.69, 9.17) is 4.42 Å². The SMILES string of the molecule is CCc1ccc2c(CC(=O)N[C@H]3CCCC[C@H]3C)coc2c1. The van der Waals surface area contributed by atoms with Crippen molar-refractivity contribution >= 4 is 16.9 Å². The molecule has 2 atom stereocenters. The Labute approximate surface area is 132 Å². The smallest absolute Gasteiger partial charge is 0.224 e. The van der Waals surface area contributed by atoms with Crippen LogP contribution >= 0.6 is 0 Å². The van der Waals surface area contributed by atoms with Crippen molar-refractivity contribution in [2.24, 2.45) is 5.92 Å². The highest BCUT2D eigenvalue weighted by Crippen LogP contribution is 2.25. The minimum Gasteiger partial charge on any atom is -0.464 e. The van der Waals surface area contributed by atoms with Gasteiger partial charge in [-0.3, -0.25) is 4.79 Å². The van der Waals surface area contributed by atoms with Crippen molar-refractivity contribution in [3.8, 4) is 0 Å². The molecule has 1 heterocycles. The van der Waals surface area contributed by atoms with E-state index in [1.165, 1.54) is 24.8 Å². The highest BCUT2D eigenvalue weighted by atomic mass is 16.3. The minimum atomic E-state index is 0.112. The molecular weight excluding hydrogens is 274 g/mol. The van der Waals surface area contributed by atoms with Gasteiger partial charge in [-0.2, -0.15) is 0 Å². The molecule has 1 aliphatic rings. The minimum absolute atomic E-state index is 0.112. The van der Waals surface area contributed by atoms with Crippen molar-refractivity contribution in [3.05, 3.63) is 35.6 Å². The zero-order chi connectivity index (χ0) is 15.5. The molecule has 1 N–H and O–H groups in total. The number of amides is 1. The second kappa shape index (κ2) is 6.55. The van der Waals surface area contributed by atoms with Gasteiger partial charge in [-0.05, 0) is 36.8 Å². The molecule has 3 heteroatoms. The molecule has 0 saturated heterocycles. The van der Waals surface area contributed by atoms with Gasteiger partial charge in [0.1, 0.15) is 5.58 Å². The van der Waals surface area contributed by atoms with Gasteiger partial charge >= 0.3 is 0 Å². The molecular formula is C19H25NO2. The number of furan rings is 1. The first-order valence-corrected chi connectivity index (χ1v) is 8.45. The van der Waals surface area contributed by atoms with E-state index in [2.05, 4.69) is 37.4 Å². The summed E-state index contributed by atoms with van der Waals surface area (Å²) in [6.07, 6.45) is 7.98. The van der Waals surface area contributed by atoms with Crippen molar-refractivity contribution in [1.82, 2.24) is 5.32 Å². The first-order chi connectivity index (χ1) is 10.7. The Bertz CT molecular complexity index is 658. The molecule has 22 heavy (non-hydrogen) atoms. The quantitative estimate of drug-likeness (QED) is 0.918. The Kier molecular flexibility index (Phi) is 4.51. The number of hydrogen-bond acceptors (Lipinski definition) is 2. The number of carbonyl (C=O) groups is 1. The fourth-order valence-electron chi connectivity index (χ4n) is 3.45. The van der Waals surface area contributed by atoms with Crippen LogP contribution in [-0.2, 0) is 17.6 Å². The van der Waals surface area contributed by atoms with E-state index in [0.717, 1.165) is 29.4 Å². The van der Waals surface area contributed by atoms with Gasteiger partial charge in [0, 0.05) is 17.0 Å². The lowest BCUT2D eigenvalue weighted by Gasteiger charge is -2.29. The largest absolute Gasteiger partial charge is 0.464 e. The molecule has 118 valence electrons. The van der Waals surface area contributed by atoms with Gasteiger partial charge in [0.2, 0.25) is 5.91 Å². The van der Waals surface area contributed by atoms with E-state index < -0.39 is 0 Å². The summed E-state index contributed by atoms with van der Waals surface area (Å²) < 4.78 is 5.62. The summed E-state index contributed by atoms with van der Waals surface area (Å²) in [5.41, 5.74) is 3.13. The molecule has 0 unspecified atom stereocenters. The lowest BCUT2D eigenvalue weighted by Crippen LogP contribution is -2.41. The van der Waals surface area contributed by atoms with E-state index in [-0.39, 0.29) is 5.91 Å². The summed E-state index contributed by atoms with van der Waals surface area (Å²) in [5, 5.41) is 4.27. The molecule has 1 aromatic heterocycles. The van der Waals surface area contributed by atoms with E-state index in [0.29, 0.717) is 18.4 Å². The number of fused-ring (bicyclic) bond motifs is 1. The van der Waals surface area contributed by atoms with Gasteiger partial charge in [0.25, 0.3) is 0 Å². The van der Waals surface area contributed by atoms with Crippen LogP contribution in [0.25, 0.3) is 11.0 Å². The van der Waals surface area contributed by atoms with E-state index in [1.54, 1.807) is 6.26 Å². The summed E-state index contributed by atoms with van der Waals surface area (Å²) >= 11 is 0. The number of benzene rings is 1. The topological polar surface area (TPSA) is 42.2 Å². The molecule has 0 spiro atoms. The van der Waals surface area contributed by atoms with Crippen LogP contribution in [0.15, 0.2) is 28.9 Å². The number of hydrogen-bond donors (Lipinski definition) is 1. The van der Waals surface area contributed by atoms with Crippen molar-refractivity contribution in [2.75, 3.05) is 0 Å². The van der Waals surface area contributed by atoms with Crippen LogP contribution < -0.4 is 5.32 Å². The van der Waals surface area contributed by atoms with Crippen molar-refractivity contribution in [2.45, 2.75) is 58.4 Å². The Morgan fingerprint density at radius 2 is 2.14 bits per heavy atom. The predicted octanol–water partition coefficient (Wildman–Crippen LogP) is 4.23. The van der Waals surface area contributed by atoms with Gasteiger partial charge in [0.05, 0.1) is 12.7 Å². The van der Waals surface area contributed by atoms with Crippen LogP contribution in [0, 0.1) is 5.92 Å². The highest BCUT2D eigenvalue weighted by molar-refractivity contribution is 5.88. The maximum atomic E-state index is 12.3. The lowest BCUT2D eigenvalue weighted by atomic mass is 9.86. The Balaban J connectivity index is 1.68. The highest BCUT2D eigenvalue weighted by Gasteiger charge is 2.23. The van der Waals surface area contributed by atoms with Crippen molar-refractivity contribution < 1.29 is 9.21 Å². The van der Waals surface area contributed by atoms with Gasteiger partial charge < -0.3 is 9.73 Å². The molecule has 1 aromatic carbocycles. The van der Waals surface area contributed by atoms with Crippen molar-refractivity contribution in [1.29, 1.82) is 0 Å². The third-order valence-corrected chi connectivity index (χ3v) is 4.94. The average Bonchev–Trinajstić information content (AvgIpc) is 2.91. The van der Waals surface area contributed by atoms with E-state index in [9.17, 15) is 4.79 Å². The molecule has 1 aliphatic carbocycles. The standard InChI is InChI=1S/C19H25NO2/c1-3-14-8-9-16-15(12-22-18(16)10-14)11-19(21)20-17-7-5-4-6-13(17)2/h8-10,12-13,17H,3-7,11H2,1-2H3,(H,20,21)/t13-,17+/m1/s1. The van der Waals surface area contributed by atoms with Crippen LogP contribution in [0.1, 0.15) is 50.7 Å². The molecule has 1 saturated carbocycles. The Hall–Kier alpha value is -1.77. The van der Waals surface area contributed by atoms with E-state index >= 15 is 0 Å². The fourth-order valence-corrected chi connectivity index (χ4v) is 3.45. The normalized spacial score (nSPS) is 21.9. The number of carbonyl (C=O) groups excluding carboxylic acids is 1. The van der Waals surface area contributed by atoms with Crippen molar-refractivity contribution in [3.63, 3.8) is 0 Å². The van der Waals surface area contributed by atoms with Crippen LogP contribution in [0.5, 0.6) is 0 Å². The number of nitrogens with one attached hydrogen (secondary N) is 1. The third kappa shape index (κ3) is 3.18. The van der Waals surface area contributed by atoms with Crippen LogP contribution in [0.4, 0.5) is 0 Å². The first-order valence-electron chi connectivity index (χ1n) is 8.45. The maximum absolute atomic E-state index is 12.3. The summed E-state index contributed by atoms with van der Waals surface area (Å²) in [6, 6.07) is 6.59. The second-order valence-electron chi connectivity index (χ2n) is 6.56. The Morgan fingerprint density at radius 1 is 1.32 bits per heavy atom. The summed E-state index contributed by atoms with van der Waals surface area (Å²) in [6.45, 7) is 4.37. The molecule has 1 fully saturated rings. The molecule has 1 amide bonds. The van der Waals surface area contributed by atoms with Crippen LogP contribution in [-0.4, -0.2) is 11.9 Å². The number of rotatable bonds is 4. The lowest BCUT2D eigenvalue weighted by molar-refractivity contribution is -0.121. The first kappa shape index (κ1) is 15.1. The Morgan fingerprint density at radius 3 is 2.91 bits per heavy atom. The molecule has 2 aromatic rings. The molecule has 0 radical (unpaired) electrons. The van der Waals surface area contributed by atoms with Crippen LogP contribution in [0.3, 0.4) is 0 Å². The molecule has 0 bridgehead atoms. The number of aryl methyl sites for hydroxylation is 1. The van der Waals surface area contributed by atoms with Gasteiger partial charge in [-0.15, -0.1) is 0 Å². The molecule has 0 aliphatic heterocycles. The third-order valence-electron chi connectivity index (χ3n) is 4.94. The monoisotopic (exact) mass is 299 g/mol. The second-order valence-corrected chi connectivity index (χ2v) is 6.56. The summed E-state index contributed by atoms with van der Waals surface area (Å²) in [7, 11) is 0. The molecule has 3 rings (SSSR count). The van der Waals surface area contributed by atoms with Gasteiger partial charge in [-0.1, -0.05) is 38.8 Å². The zero-order valence-corrected chi connectivity index (χ0v) is 13.5. The maximum Gasteiger partial charge on any atom is 0.224 e. The fraction of sp³-hybridized carbons (Fsp3) is 0.526. The predicted molar refractivity (Wildman–Crippen MR) is 88.9 cm³/mol. The average molecular weight is 299 g/mol. The molecule has 3 nitrogen and oxygen atoms in total.